The number of piperidine rings is 2. The molecule has 1 aromatic heterocycles. The van der Waals surface area contributed by atoms with E-state index in [2.05, 4.69) is 14.8 Å². The largest absolute Gasteiger partial charge is 0.495 e. The number of ether oxygens (including phenoxy) is 1. The van der Waals surface area contributed by atoms with Crippen LogP contribution in [-0.4, -0.2) is 79.4 Å². The molecular weight excluding hydrogens is 583 g/mol. The van der Waals surface area contributed by atoms with Crippen molar-refractivity contribution in [1.29, 1.82) is 0 Å². The SMILES string of the molecule is CCS(=O)(=O)c1cc2c(C(=O)O)c(CN3CCC(N4CCCCC4)CC3)c(-c3cccc(C(F)(F)F)c3)nc2cc1OC. The van der Waals surface area contributed by atoms with Crippen molar-refractivity contribution in [3.05, 3.63) is 53.1 Å². The fraction of sp³-hybridized carbons (Fsp3) is 0.484. The first-order chi connectivity index (χ1) is 20.4. The van der Waals surface area contributed by atoms with Gasteiger partial charge in [0.05, 0.1) is 35.2 Å². The summed E-state index contributed by atoms with van der Waals surface area (Å²) in [6.45, 7) is 5.16. The number of likely N-dealkylation sites (tertiary alicyclic amines) is 2. The Morgan fingerprint density at radius 1 is 1.07 bits per heavy atom. The zero-order valence-electron chi connectivity index (χ0n) is 24.3. The molecule has 0 bridgehead atoms. The van der Waals surface area contributed by atoms with Gasteiger partial charge in [-0.3, -0.25) is 4.90 Å². The second-order valence-corrected chi connectivity index (χ2v) is 13.5. The van der Waals surface area contributed by atoms with Crippen LogP contribution in [0.2, 0.25) is 0 Å². The van der Waals surface area contributed by atoms with E-state index in [-0.39, 0.29) is 56.2 Å². The Labute approximate surface area is 249 Å². The molecule has 1 N–H and O–H groups in total. The number of rotatable bonds is 8. The van der Waals surface area contributed by atoms with Crippen molar-refractivity contribution in [3.8, 4) is 17.0 Å². The molecule has 232 valence electrons. The lowest BCUT2D eigenvalue weighted by molar-refractivity contribution is -0.137. The molecule has 2 aromatic carbocycles. The second kappa shape index (κ2) is 12.4. The zero-order valence-corrected chi connectivity index (χ0v) is 25.1. The molecule has 0 unspecified atom stereocenters. The minimum atomic E-state index is -4.61. The van der Waals surface area contributed by atoms with Gasteiger partial charge in [-0.1, -0.05) is 25.5 Å². The van der Waals surface area contributed by atoms with Crippen LogP contribution < -0.4 is 4.74 Å². The van der Waals surface area contributed by atoms with Crippen LogP contribution in [0.4, 0.5) is 13.2 Å². The van der Waals surface area contributed by atoms with E-state index in [9.17, 15) is 31.5 Å². The van der Waals surface area contributed by atoms with Crippen molar-refractivity contribution in [2.75, 3.05) is 39.0 Å². The fourth-order valence-electron chi connectivity index (χ4n) is 6.30. The van der Waals surface area contributed by atoms with Crippen LogP contribution in [0.5, 0.6) is 5.75 Å². The average Bonchev–Trinajstić information content (AvgIpc) is 3.00. The highest BCUT2D eigenvalue weighted by molar-refractivity contribution is 7.91. The van der Waals surface area contributed by atoms with E-state index in [0.717, 1.165) is 38.1 Å². The molecule has 43 heavy (non-hydrogen) atoms. The molecule has 3 heterocycles. The number of carbonyl (C=O) groups is 1. The molecule has 5 rings (SSSR count). The number of alkyl halides is 3. The molecule has 2 aliphatic rings. The molecule has 0 spiro atoms. The summed E-state index contributed by atoms with van der Waals surface area (Å²) in [6, 6.07) is 7.74. The van der Waals surface area contributed by atoms with Crippen LogP contribution in [0.25, 0.3) is 22.2 Å². The van der Waals surface area contributed by atoms with Gasteiger partial charge in [0.1, 0.15) is 10.6 Å². The van der Waals surface area contributed by atoms with Crippen molar-refractivity contribution >= 4 is 26.7 Å². The highest BCUT2D eigenvalue weighted by Crippen LogP contribution is 2.38. The van der Waals surface area contributed by atoms with Crippen molar-refractivity contribution in [2.45, 2.75) is 62.7 Å². The minimum Gasteiger partial charge on any atom is -0.495 e. The summed E-state index contributed by atoms with van der Waals surface area (Å²) in [6.07, 6.45) is 0.813. The number of carboxylic acid groups (broad SMARTS) is 1. The van der Waals surface area contributed by atoms with Crippen LogP contribution in [0.1, 0.15) is 60.5 Å². The Morgan fingerprint density at radius 2 is 1.77 bits per heavy atom. The molecule has 0 amide bonds. The smallest absolute Gasteiger partial charge is 0.416 e. The lowest BCUT2D eigenvalue weighted by Crippen LogP contribution is -2.46. The first kappa shape index (κ1) is 31.2. The lowest BCUT2D eigenvalue weighted by atomic mass is 9.94. The maximum Gasteiger partial charge on any atom is 0.416 e. The van der Waals surface area contributed by atoms with Gasteiger partial charge in [0.25, 0.3) is 0 Å². The van der Waals surface area contributed by atoms with Crippen LogP contribution >= 0.6 is 0 Å². The highest BCUT2D eigenvalue weighted by Gasteiger charge is 2.33. The number of fused-ring (bicyclic) bond motifs is 1. The number of aromatic nitrogens is 1. The Kier molecular flexibility index (Phi) is 9.01. The Bertz CT molecular complexity index is 1610. The number of halogens is 3. The molecule has 0 atom stereocenters. The van der Waals surface area contributed by atoms with Gasteiger partial charge in [-0.05, 0) is 70.1 Å². The molecule has 2 saturated heterocycles. The third kappa shape index (κ3) is 6.51. The predicted molar refractivity (Wildman–Crippen MR) is 157 cm³/mol. The number of nitrogens with zero attached hydrogens (tertiary/aromatic N) is 3. The summed E-state index contributed by atoms with van der Waals surface area (Å²) in [5.41, 5.74) is -0.446. The first-order valence-electron chi connectivity index (χ1n) is 14.6. The van der Waals surface area contributed by atoms with Crippen molar-refractivity contribution in [2.24, 2.45) is 0 Å². The van der Waals surface area contributed by atoms with E-state index in [1.54, 1.807) is 0 Å². The molecule has 2 aliphatic heterocycles. The molecule has 12 heteroatoms. The highest BCUT2D eigenvalue weighted by atomic mass is 32.2. The van der Waals surface area contributed by atoms with Gasteiger partial charge in [0.15, 0.2) is 9.84 Å². The Morgan fingerprint density at radius 3 is 2.37 bits per heavy atom. The molecule has 0 saturated carbocycles. The second-order valence-electron chi connectivity index (χ2n) is 11.2. The summed E-state index contributed by atoms with van der Waals surface area (Å²) >= 11 is 0. The van der Waals surface area contributed by atoms with Crippen molar-refractivity contribution in [1.82, 2.24) is 14.8 Å². The Balaban J connectivity index is 1.65. The minimum absolute atomic E-state index is 0.0132. The standard InChI is InChI=1S/C31H36F3N3O5S/c1-3-43(40,41)27-17-23-25(18-26(27)42-2)35-29(20-8-7-9-21(16-20)31(32,33)34)24(28(23)30(38)39)19-36-14-10-22(11-15-36)37-12-5-4-6-13-37/h7-9,16-18,22H,3-6,10-15,19H2,1-2H3,(H,38,39). The summed E-state index contributed by atoms with van der Waals surface area (Å²) in [7, 11) is -2.51. The van der Waals surface area contributed by atoms with E-state index in [1.165, 1.54) is 57.6 Å². The number of carboxylic acids is 1. The predicted octanol–water partition coefficient (Wildman–Crippen LogP) is 5.87. The van der Waals surface area contributed by atoms with Crippen molar-refractivity contribution in [3.63, 3.8) is 0 Å². The van der Waals surface area contributed by atoms with Crippen LogP contribution in [0.15, 0.2) is 41.3 Å². The summed E-state index contributed by atoms with van der Waals surface area (Å²) in [5.74, 6) is -1.56. The Hall–Kier alpha value is -3.22. The molecule has 8 nitrogen and oxygen atoms in total. The number of methoxy groups -OCH3 is 1. The quantitative estimate of drug-likeness (QED) is 0.334. The van der Waals surface area contributed by atoms with E-state index in [0.29, 0.717) is 19.1 Å². The maximum atomic E-state index is 13.7. The number of hydrogen-bond acceptors (Lipinski definition) is 7. The van der Waals surface area contributed by atoms with Gasteiger partial charge in [0.2, 0.25) is 0 Å². The number of benzene rings is 2. The normalized spacial score (nSPS) is 17.8. The van der Waals surface area contributed by atoms with E-state index < -0.39 is 27.5 Å². The number of pyridine rings is 1. The van der Waals surface area contributed by atoms with Gasteiger partial charge in [-0.2, -0.15) is 13.2 Å². The summed E-state index contributed by atoms with van der Waals surface area (Å²) < 4.78 is 72.3. The summed E-state index contributed by atoms with van der Waals surface area (Å²) in [5, 5.41) is 10.6. The molecule has 3 aromatic rings. The van der Waals surface area contributed by atoms with Gasteiger partial charge < -0.3 is 14.7 Å². The molecular formula is C31H36F3N3O5S. The van der Waals surface area contributed by atoms with Crippen LogP contribution in [0.3, 0.4) is 0 Å². The fourth-order valence-corrected chi connectivity index (χ4v) is 7.36. The lowest BCUT2D eigenvalue weighted by Gasteiger charge is -2.40. The maximum absolute atomic E-state index is 13.7. The number of hydrogen-bond donors (Lipinski definition) is 1. The number of aromatic carboxylic acids is 1. The van der Waals surface area contributed by atoms with Gasteiger partial charge in [-0.15, -0.1) is 0 Å². The average molecular weight is 620 g/mol. The van der Waals surface area contributed by atoms with Gasteiger partial charge in [0, 0.05) is 35.2 Å². The third-order valence-electron chi connectivity index (χ3n) is 8.61. The van der Waals surface area contributed by atoms with E-state index in [1.807, 2.05) is 0 Å². The zero-order chi connectivity index (χ0) is 30.9. The summed E-state index contributed by atoms with van der Waals surface area (Å²) in [4.78, 5) is 22.1. The molecule has 2 fully saturated rings. The first-order valence-corrected chi connectivity index (χ1v) is 16.2. The monoisotopic (exact) mass is 619 g/mol. The van der Waals surface area contributed by atoms with Gasteiger partial charge >= 0.3 is 12.1 Å². The van der Waals surface area contributed by atoms with Crippen LogP contribution in [-0.2, 0) is 22.6 Å². The molecule has 0 radical (unpaired) electrons. The number of sulfone groups is 1. The van der Waals surface area contributed by atoms with Gasteiger partial charge in [-0.25, -0.2) is 18.2 Å². The van der Waals surface area contributed by atoms with E-state index >= 15 is 0 Å². The molecule has 0 aliphatic carbocycles. The van der Waals surface area contributed by atoms with Crippen molar-refractivity contribution < 1.29 is 36.2 Å². The van der Waals surface area contributed by atoms with E-state index in [4.69, 9.17) is 4.74 Å². The van der Waals surface area contributed by atoms with Crippen LogP contribution in [0, 0.1) is 0 Å². The third-order valence-corrected chi connectivity index (χ3v) is 10.4. The topological polar surface area (TPSA) is 100 Å².